The van der Waals surface area contributed by atoms with Crippen molar-refractivity contribution in [2.75, 3.05) is 11.5 Å². The van der Waals surface area contributed by atoms with Gasteiger partial charge in [0.1, 0.15) is 5.82 Å². The smallest absolute Gasteiger partial charge is 0.266 e. The predicted octanol–water partition coefficient (Wildman–Crippen LogP) is 0.749. The Morgan fingerprint density at radius 1 is 1.29 bits per heavy atom. The zero-order valence-electron chi connectivity index (χ0n) is 10.7. The maximum absolute atomic E-state index is 12.8. The second-order valence-electron chi connectivity index (χ2n) is 4.29. The quantitative estimate of drug-likeness (QED) is 0.775. The van der Waals surface area contributed by atoms with Crippen LogP contribution in [0.15, 0.2) is 24.7 Å². The zero-order chi connectivity index (χ0) is 14.8. The molecule has 8 heteroatoms. The summed E-state index contributed by atoms with van der Waals surface area (Å²) in [7, 11) is 0. The van der Waals surface area contributed by atoms with E-state index in [4.69, 9.17) is 4.74 Å². The molecule has 0 atom stereocenters. The lowest BCUT2D eigenvalue weighted by molar-refractivity contribution is -0.121. The van der Waals surface area contributed by atoms with Gasteiger partial charge in [0, 0.05) is 11.8 Å². The molecule has 2 aromatic heterocycles. The van der Waals surface area contributed by atoms with E-state index in [0.29, 0.717) is 17.6 Å². The highest BCUT2D eigenvalue weighted by Crippen LogP contribution is 2.30. The van der Waals surface area contributed by atoms with Crippen LogP contribution in [0.3, 0.4) is 0 Å². The van der Waals surface area contributed by atoms with Crippen molar-refractivity contribution in [2.24, 2.45) is 0 Å². The van der Waals surface area contributed by atoms with Gasteiger partial charge in [0.05, 0.1) is 18.9 Å². The molecule has 0 fully saturated rings. The summed E-state index contributed by atoms with van der Waals surface area (Å²) in [5.41, 5.74) is 0.348. The number of aldehydes is 1. The summed E-state index contributed by atoms with van der Waals surface area (Å²) in [6.07, 6.45) is 4.03. The molecule has 0 saturated carbocycles. The first-order chi connectivity index (χ1) is 10.2. The van der Waals surface area contributed by atoms with Crippen LogP contribution in [-0.4, -0.2) is 33.8 Å². The molecule has 7 nitrogen and oxygen atoms in total. The van der Waals surface area contributed by atoms with Crippen molar-refractivity contribution in [3.8, 4) is 5.75 Å². The molecule has 0 aromatic carbocycles. The Labute approximate surface area is 118 Å². The third kappa shape index (κ3) is 2.55. The fourth-order valence-electron chi connectivity index (χ4n) is 1.89. The molecule has 0 saturated heterocycles. The van der Waals surface area contributed by atoms with E-state index in [1.165, 1.54) is 17.2 Å². The Kier molecular flexibility index (Phi) is 3.27. The molecule has 1 aliphatic heterocycles. The number of anilines is 1. The Morgan fingerprint density at radius 2 is 2.05 bits per heavy atom. The van der Waals surface area contributed by atoms with Crippen LogP contribution in [0, 0.1) is 5.82 Å². The average Bonchev–Trinajstić information content (AvgIpc) is 2.51. The summed E-state index contributed by atoms with van der Waals surface area (Å²) >= 11 is 0. The molecule has 1 amide bonds. The van der Waals surface area contributed by atoms with Crippen LogP contribution in [0.1, 0.15) is 16.2 Å². The summed E-state index contributed by atoms with van der Waals surface area (Å²) < 4.78 is 18.0. The van der Waals surface area contributed by atoms with Crippen LogP contribution in [-0.2, 0) is 11.3 Å². The minimum absolute atomic E-state index is 0.0446. The Hall–Kier alpha value is -2.90. The summed E-state index contributed by atoms with van der Waals surface area (Å²) in [6, 6.07) is 1.50. The number of hydrogen-bond donors (Lipinski definition) is 0. The van der Waals surface area contributed by atoms with Gasteiger partial charge in [-0.15, -0.1) is 0 Å². The zero-order valence-corrected chi connectivity index (χ0v) is 10.7. The number of pyridine rings is 1. The standard InChI is InChI=1S/C13H9FN4O3/c14-9-3-15-11(16-4-9)5-18-12(20)7-21-10-1-8(6-19)2-17-13(10)18/h1-4,6H,5,7H2. The number of ether oxygens (including phenoxy) is 1. The third-order valence-corrected chi connectivity index (χ3v) is 2.87. The molecule has 1 aliphatic rings. The Bertz CT molecular complexity index is 705. The van der Waals surface area contributed by atoms with E-state index in [1.807, 2.05) is 0 Å². The van der Waals surface area contributed by atoms with E-state index >= 15 is 0 Å². The van der Waals surface area contributed by atoms with E-state index in [-0.39, 0.29) is 30.7 Å². The second-order valence-corrected chi connectivity index (χ2v) is 4.29. The molecule has 3 heterocycles. The Morgan fingerprint density at radius 3 is 2.76 bits per heavy atom. The number of nitrogens with zero attached hydrogens (tertiary/aromatic N) is 4. The van der Waals surface area contributed by atoms with Gasteiger partial charge in [-0.1, -0.05) is 0 Å². The lowest BCUT2D eigenvalue weighted by Crippen LogP contribution is -2.39. The summed E-state index contributed by atoms with van der Waals surface area (Å²) in [5, 5.41) is 0. The molecule has 0 aliphatic carbocycles. The van der Waals surface area contributed by atoms with Crippen LogP contribution in [0.4, 0.5) is 10.2 Å². The lowest BCUT2D eigenvalue weighted by Gasteiger charge is -2.27. The van der Waals surface area contributed by atoms with Gasteiger partial charge in [0.2, 0.25) is 0 Å². The number of rotatable bonds is 3. The number of carbonyl (C=O) groups excluding carboxylic acids is 2. The van der Waals surface area contributed by atoms with E-state index in [1.54, 1.807) is 0 Å². The molecule has 21 heavy (non-hydrogen) atoms. The molecule has 2 aromatic rings. The number of aromatic nitrogens is 3. The maximum atomic E-state index is 12.8. The first-order valence-electron chi connectivity index (χ1n) is 6.02. The topological polar surface area (TPSA) is 85.3 Å². The van der Waals surface area contributed by atoms with Crippen molar-refractivity contribution in [3.63, 3.8) is 0 Å². The predicted molar refractivity (Wildman–Crippen MR) is 68.3 cm³/mol. The van der Waals surface area contributed by atoms with Crippen molar-refractivity contribution in [1.82, 2.24) is 15.0 Å². The molecule has 0 N–H and O–H groups in total. The van der Waals surface area contributed by atoms with Gasteiger partial charge in [0.15, 0.2) is 30.3 Å². The van der Waals surface area contributed by atoms with Crippen LogP contribution < -0.4 is 9.64 Å². The number of hydrogen-bond acceptors (Lipinski definition) is 6. The fraction of sp³-hybridized carbons (Fsp3) is 0.154. The number of amides is 1. The summed E-state index contributed by atoms with van der Waals surface area (Å²) in [4.78, 5) is 35.7. The molecular formula is C13H9FN4O3. The molecular weight excluding hydrogens is 279 g/mol. The highest BCUT2D eigenvalue weighted by Gasteiger charge is 2.28. The van der Waals surface area contributed by atoms with Gasteiger partial charge in [0.25, 0.3) is 5.91 Å². The van der Waals surface area contributed by atoms with Gasteiger partial charge in [-0.3, -0.25) is 14.5 Å². The van der Waals surface area contributed by atoms with Gasteiger partial charge in [-0.05, 0) is 6.07 Å². The van der Waals surface area contributed by atoms with E-state index in [0.717, 1.165) is 12.4 Å². The minimum Gasteiger partial charge on any atom is -0.480 e. The van der Waals surface area contributed by atoms with E-state index in [9.17, 15) is 14.0 Å². The van der Waals surface area contributed by atoms with E-state index in [2.05, 4.69) is 15.0 Å². The summed E-state index contributed by atoms with van der Waals surface area (Å²) in [5.74, 6) is 0.0212. The van der Waals surface area contributed by atoms with Gasteiger partial charge >= 0.3 is 0 Å². The molecule has 0 unspecified atom stereocenters. The van der Waals surface area contributed by atoms with E-state index < -0.39 is 5.82 Å². The normalized spacial score (nSPS) is 13.6. The first kappa shape index (κ1) is 13.1. The van der Waals surface area contributed by atoms with Crippen LogP contribution in [0.2, 0.25) is 0 Å². The fourth-order valence-corrected chi connectivity index (χ4v) is 1.89. The largest absolute Gasteiger partial charge is 0.480 e. The average molecular weight is 288 g/mol. The van der Waals surface area contributed by atoms with Crippen molar-refractivity contribution in [2.45, 2.75) is 6.54 Å². The minimum atomic E-state index is -0.554. The van der Waals surface area contributed by atoms with Gasteiger partial charge < -0.3 is 4.74 Å². The Balaban J connectivity index is 1.93. The first-order valence-corrected chi connectivity index (χ1v) is 6.02. The van der Waals surface area contributed by atoms with Crippen molar-refractivity contribution in [1.29, 1.82) is 0 Å². The van der Waals surface area contributed by atoms with Crippen LogP contribution >= 0.6 is 0 Å². The van der Waals surface area contributed by atoms with Gasteiger partial charge in [-0.2, -0.15) is 0 Å². The third-order valence-electron chi connectivity index (χ3n) is 2.87. The number of carbonyl (C=O) groups is 2. The monoisotopic (exact) mass is 288 g/mol. The van der Waals surface area contributed by atoms with Crippen LogP contribution in [0.25, 0.3) is 0 Å². The molecule has 0 bridgehead atoms. The molecule has 106 valence electrons. The molecule has 0 radical (unpaired) electrons. The second kappa shape index (κ2) is 5.23. The summed E-state index contributed by atoms with van der Waals surface area (Å²) in [6.45, 7) is -0.124. The highest BCUT2D eigenvalue weighted by molar-refractivity contribution is 5.96. The lowest BCUT2D eigenvalue weighted by atomic mass is 10.2. The van der Waals surface area contributed by atoms with Gasteiger partial charge in [-0.25, -0.2) is 19.3 Å². The van der Waals surface area contributed by atoms with Crippen molar-refractivity contribution in [3.05, 3.63) is 41.9 Å². The molecule has 0 spiro atoms. The SMILES string of the molecule is O=Cc1cnc2c(c1)OCC(=O)N2Cc1ncc(F)cn1. The molecule has 3 rings (SSSR count). The van der Waals surface area contributed by atoms with Crippen molar-refractivity contribution < 1.29 is 18.7 Å². The number of halogens is 1. The van der Waals surface area contributed by atoms with Crippen LogP contribution in [0.5, 0.6) is 5.75 Å². The maximum Gasteiger partial charge on any atom is 0.266 e. The highest BCUT2D eigenvalue weighted by atomic mass is 19.1. The number of fused-ring (bicyclic) bond motifs is 1. The van der Waals surface area contributed by atoms with Crippen molar-refractivity contribution >= 4 is 18.0 Å².